The molecule has 0 bridgehead atoms. The van der Waals surface area contributed by atoms with Crippen LogP contribution in [-0.4, -0.2) is 71.7 Å². The number of fused-ring (bicyclic) bond motifs is 1. The third-order valence-corrected chi connectivity index (χ3v) is 7.96. The van der Waals surface area contributed by atoms with Crippen molar-refractivity contribution in [1.29, 1.82) is 0 Å². The van der Waals surface area contributed by atoms with Crippen LogP contribution < -0.4 is 5.32 Å². The van der Waals surface area contributed by atoms with Crippen LogP contribution in [0.1, 0.15) is 56.4 Å². The Bertz CT molecular complexity index is 1780. The van der Waals surface area contributed by atoms with E-state index in [1.165, 1.54) is 20.8 Å². The van der Waals surface area contributed by atoms with Crippen LogP contribution in [-0.2, 0) is 41.7 Å². The number of hydrogen-bond acceptors (Lipinski definition) is 5. The summed E-state index contributed by atoms with van der Waals surface area (Å²) in [4.78, 5) is 41.1. The molecular weight excluding hydrogens is 691 g/mol. The van der Waals surface area contributed by atoms with Crippen LogP contribution in [0.15, 0.2) is 24.3 Å². The molecule has 0 fully saturated rings. The molecule has 2 atom stereocenters. The minimum Gasteiger partial charge on any atom is -0.465 e. The average molecular weight is 723 g/mol. The van der Waals surface area contributed by atoms with Crippen LogP contribution in [0.3, 0.4) is 0 Å². The van der Waals surface area contributed by atoms with Crippen molar-refractivity contribution in [1.82, 2.24) is 29.9 Å². The van der Waals surface area contributed by atoms with Gasteiger partial charge in [-0.25, -0.2) is 31.1 Å². The van der Waals surface area contributed by atoms with Crippen LogP contribution in [0.4, 0.5) is 44.3 Å². The van der Waals surface area contributed by atoms with Gasteiger partial charge in [0.2, 0.25) is 17.6 Å². The van der Waals surface area contributed by atoms with Crippen LogP contribution in [0.5, 0.6) is 0 Å². The van der Waals surface area contributed by atoms with Gasteiger partial charge in [0.05, 0.1) is 6.54 Å². The van der Waals surface area contributed by atoms with E-state index in [1.807, 2.05) is 0 Å². The topological polar surface area (TPSA) is 121 Å². The molecule has 2 aromatic carbocycles. The van der Waals surface area contributed by atoms with E-state index in [2.05, 4.69) is 15.5 Å². The molecule has 0 unspecified atom stereocenters. The summed E-state index contributed by atoms with van der Waals surface area (Å²) in [6, 6.07) is -1.26. The number of rotatable bonds is 10. The van der Waals surface area contributed by atoms with Crippen molar-refractivity contribution in [2.75, 3.05) is 6.54 Å². The number of halogens is 9. The highest BCUT2D eigenvalue weighted by molar-refractivity contribution is 5.81. The number of carbonyl (C=O) groups excluding carboxylic acids is 2. The Morgan fingerprint density at radius 3 is 1.88 bits per heavy atom. The molecule has 0 saturated carbocycles. The Morgan fingerprint density at radius 1 is 0.820 bits per heavy atom. The fourth-order valence-corrected chi connectivity index (χ4v) is 5.80. The van der Waals surface area contributed by atoms with Crippen LogP contribution in [0, 0.1) is 34.9 Å². The lowest BCUT2D eigenvalue weighted by molar-refractivity contribution is -0.148. The lowest BCUT2D eigenvalue weighted by Crippen LogP contribution is -2.54. The predicted molar refractivity (Wildman–Crippen MR) is 155 cm³/mol. The van der Waals surface area contributed by atoms with E-state index in [0.29, 0.717) is 12.1 Å². The van der Waals surface area contributed by atoms with Crippen LogP contribution in [0.25, 0.3) is 0 Å². The third-order valence-electron chi connectivity index (χ3n) is 7.96. The quantitative estimate of drug-likeness (QED) is 0.215. The molecular formula is C31H31F9N6O4. The standard InChI is InChI=1S/C31H31F9N6O4/c1-30(2,3)46(29(49)50)18(7-16-9-22(35)24(37)13-20(16)33)11-26(47)41-17(6-15-8-21(34)23(36)12-19(15)32)10-27(48)44-4-5-45-25(14-44)42-43-28(45)31(38,39)40/h8-9,12-13,17-18H,4-7,10-11,14H2,1-3H3,(H,41,47)(H,49,50)/t17-,18-/m1/s1. The number of benzene rings is 2. The van der Waals surface area contributed by atoms with Gasteiger partial charge in [0.1, 0.15) is 11.6 Å². The number of carbonyl (C=O) groups is 3. The van der Waals surface area contributed by atoms with E-state index in [9.17, 15) is 59.0 Å². The summed E-state index contributed by atoms with van der Waals surface area (Å²) in [5.74, 6) is -11.5. The largest absolute Gasteiger partial charge is 0.465 e. The molecule has 1 aliphatic heterocycles. The first-order valence-electron chi connectivity index (χ1n) is 15.0. The molecule has 0 spiro atoms. The van der Waals surface area contributed by atoms with E-state index < -0.39 is 126 Å². The summed E-state index contributed by atoms with van der Waals surface area (Å²) in [5, 5.41) is 19.1. The molecule has 2 heterocycles. The van der Waals surface area contributed by atoms with Gasteiger partial charge in [-0.3, -0.25) is 14.5 Å². The highest BCUT2D eigenvalue weighted by atomic mass is 19.4. The monoisotopic (exact) mass is 722 g/mol. The van der Waals surface area contributed by atoms with Crippen molar-refractivity contribution < 1.29 is 59.0 Å². The summed E-state index contributed by atoms with van der Waals surface area (Å²) in [6.07, 6.45) is -8.97. The van der Waals surface area contributed by atoms with Crippen molar-refractivity contribution in [3.05, 3.63) is 81.9 Å². The van der Waals surface area contributed by atoms with Crippen LogP contribution in [0.2, 0.25) is 0 Å². The molecule has 19 heteroatoms. The van der Waals surface area contributed by atoms with Gasteiger partial charge < -0.3 is 19.9 Å². The fourth-order valence-electron chi connectivity index (χ4n) is 5.80. The van der Waals surface area contributed by atoms with Crippen molar-refractivity contribution in [2.45, 2.75) is 83.3 Å². The molecule has 10 nitrogen and oxygen atoms in total. The lowest BCUT2D eigenvalue weighted by atomic mass is 9.95. The number of amides is 3. The zero-order valence-electron chi connectivity index (χ0n) is 26.7. The first-order chi connectivity index (χ1) is 23.1. The Morgan fingerprint density at radius 2 is 1.36 bits per heavy atom. The summed E-state index contributed by atoms with van der Waals surface area (Å²) in [5.41, 5.74) is -2.14. The maximum absolute atomic E-state index is 14.7. The van der Waals surface area contributed by atoms with Gasteiger partial charge in [-0.05, 0) is 56.9 Å². The summed E-state index contributed by atoms with van der Waals surface area (Å²) in [7, 11) is 0. The van der Waals surface area contributed by atoms with Crippen molar-refractivity contribution >= 4 is 17.9 Å². The Balaban J connectivity index is 1.61. The van der Waals surface area contributed by atoms with Crippen LogP contribution >= 0.6 is 0 Å². The fraction of sp³-hybridized carbons (Fsp3) is 0.452. The molecule has 0 radical (unpaired) electrons. The second-order valence-corrected chi connectivity index (χ2v) is 12.7. The first-order valence-corrected chi connectivity index (χ1v) is 15.0. The molecule has 0 aliphatic carbocycles. The number of nitrogens with one attached hydrogen (secondary N) is 1. The lowest BCUT2D eigenvalue weighted by Gasteiger charge is -2.39. The van der Waals surface area contributed by atoms with Crippen molar-refractivity contribution in [3.63, 3.8) is 0 Å². The Hall–Kier alpha value is -4.84. The molecule has 3 aromatic rings. The molecule has 272 valence electrons. The second kappa shape index (κ2) is 14.6. The molecule has 4 rings (SSSR count). The minimum atomic E-state index is -4.81. The smallest absolute Gasteiger partial charge is 0.451 e. The third kappa shape index (κ3) is 8.84. The molecule has 0 saturated heterocycles. The van der Waals surface area contributed by atoms with E-state index in [4.69, 9.17) is 0 Å². The number of carboxylic acid groups (broad SMARTS) is 1. The molecule has 1 aliphatic rings. The SMILES string of the molecule is CC(C)(C)N(C(=O)O)[C@@H](CC(=O)N[C@@H](CC(=O)N1CCn2c(nnc2C(F)(F)F)C1)Cc1cc(F)c(F)cc1F)Cc1cc(F)c(F)cc1F. The van der Waals surface area contributed by atoms with Gasteiger partial charge in [-0.1, -0.05) is 0 Å². The summed E-state index contributed by atoms with van der Waals surface area (Å²) >= 11 is 0. The minimum absolute atomic E-state index is 0.188. The Labute approximate surface area is 278 Å². The number of aromatic nitrogens is 3. The highest BCUT2D eigenvalue weighted by Crippen LogP contribution is 2.30. The summed E-state index contributed by atoms with van der Waals surface area (Å²) in [6.45, 7) is 3.38. The normalized spacial score (nSPS) is 14.6. The predicted octanol–water partition coefficient (Wildman–Crippen LogP) is 5.37. The van der Waals surface area contributed by atoms with Crippen molar-refractivity contribution in [2.24, 2.45) is 0 Å². The molecule has 2 N–H and O–H groups in total. The second-order valence-electron chi connectivity index (χ2n) is 12.7. The van der Waals surface area contributed by atoms with Gasteiger partial charge in [0.15, 0.2) is 29.1 Å². The number of nitrogens with zero attached hydrogens (tertiary/aromatic N) is 5. The van der Waals surface area contributed by atoms with Gasteiger partial charge in [-0.2, -0.15) is 13.2 Å². The first kappa shape index (κ1) is 38.0. The number of hydrogen-bond donors (Lipinski definition) is 2. The van der Waals surface area contributed by atoms with Gasteiger partial charge in [0.25, 0.3) is 0 Å². The Kier molecular flexibility index (Phi) is 11.1. The van der Waals surface area contributed by atoms with Gasteiger partial charge >= 0.3 is 12.3 Å². The van der Waals surface area contributed by atoms with Gasteiger partial charge in [-0.15, -0.1) is 10.2 Å². The zero-order chi connectivity index (χ0) is 37.3. The maximum Gasteiger partial charge on any atom is 0.451 e. The molecule has 1 aromatic heterocycles. The zero-order valence-corrected chi connectivity index (χ0v) is 26.7. The number of alkyl halides is 3. The van der Waals surface area contributed by atoms with E-state index in [1.54, 1.807) is 0 Å². The molecule has 50 heavy (non-hydrogen) atoms. The highest BCUT2D eigenvalue weighted by Gasteiger charge is 2.40. The van der Waals surface area contributed by atoms with E-state index in [-0.39, 0.29) is 31.0 Å². The van der Waals surface area contributed by atoms with Crippen molar-refractivity contribution in [3.8, 4) is 0 Å². The molecule has 3 amide bonds. The maximum atomic E-state index is 14.7. The van der Waals surface area contributed by atoms with E-state index >= 15 is 0 Å². The van der Waals surface area contributed by atoms with E-state index in [0.717, 1.165) is 14.4 Å². The summed E-state index contributed by atoms with van der Waals surface area (Å²) < 4.78 is 125. The average Bonchev–Trinajstić information content (AvgIpc) is 3.42. The van der Waals surface area contributed by atoms with Gasteiger partial charge in [0, 0.05) is 55.7 Å².